The van der Waals surface area contributed by atoms with Gasteiger partial charge in [-0.3, -0.25) is 4.79 Å². The number of halogens is 1. The Balaban J connectivity index is 1.74. The Bertz CT molecular complexity index is 1090. The molecule has 0 saturated heterocycles. The Morgan fingerprint density at radius 1 is 1.10 bits per heavy atom. The summed E-state index contributed by atoms with van der Waals surface area (Å²) in [6.45, 7) is 2.85. The molecular weight excluding hydrogens is 391 g/mol. The lowest BCUT2D eigenvalue weighted by atomic mass is 10.1. The fraction of sp³-hybridized carbons (Fsp3) is 0.150. The van der Waals surface area contributed by atoms with Gasteiger partial charge in [-0.1, -0.05) is 12.1 Å². The highest BCUT2D eigenvalue weighted by Crippen LogP contribution is 2.22. The molecule has 0 aliphatic rings. The minimum absolute atomic E-state index is 0.0739. The van der Waals surface area contributed by atoms with Crippen LogP contribution in [0.25, 0.3) is 0 Å². The summed E-state index contributed by atoms with van der Waals surface area (Å²) in [7, 11) is 0. The molecule has 0 aliphatic heterocycles. The van der Waals surface area contributed by atoms with Gasteiger partial charge in [0.15, 0.2) is 12.4 Å². The second kappa shape index (κ2) is 8.95. The molecule has 9 nitrogen and oxygen atoms in total. The van der Waals surface area contributed by atoms with Gasteiger partial charge in [-0.25, -0.2) is 9.18 Å². The molecular formula is C20H19FN6O3. The van der Waals surface area contributed by atoms with Crippen LogP contribution < -0.4 is 16.4 Å². The largest absolute Gasteiger partial charge is 0.454 e. The average molecular weight is 410 g/mol. The quantitative estimate of drug-likeness (QED) is 0.529. The second-order valence-electron chi connectivity index (χ2n) is 6.32. The monoisotopic (exact) mass is 410 g/mol. The van der Waals surface area contributed by atoms with Crippen LogP contribution in [0.1, 0.15) is 28.7 Å². The average Bonchev–Trinajstić information content (AvgIpc) is 2.69. The topological polar surface area (TPSA) is 132 Å². The van der Waals surface area contributed by atoms with Crippen molar-refractivity contribution in [1.29, 1.82) is 0 Å². The highest BCUT2D eigenvalue weighted by Gasteiger charge is 2.17. The van der Waals surface area contributed by atoms with E-state index in [0.717, 1.165) is 5.56 Å². The Hall–Kier alpha value is -4.08. The molecule has 0 aliphatic carbocycles. The summed E-state index contributed by atoms with van der Waals surface area (Å²) in [4.78, 5) is 36.0. The van der Waals surface area contributed by atoms with E-state index in [1.807, 2.05) is 0 Å². The third-order valence-corrected chi connectivity index (χ3v) is 3.93. The van der Waals surface area contributed by atoms with Crippen LogP contribution in [-0.2, 0) is 16.1 Å². The number of nitrogens with one attached hydrogen (secondary N) is 2. The Labute approximate surface area is 171 Å². The molecule has 0 saturated carbocycles. The normalized spacial score (nSPS) is 10.4. The smallest absolute Gasteiger partial charge is 0.340 e. The zero-order chi connectivity index (χ0) is 21.7. The zero-order valence-corrected chi connectivity index (χ0v) is 16.3. The number of nitrogens with zero attached hydrogens (tertiary/aromatic N) is 3. The fourth-order valence-electron chi connectivity index (χ4n) is 2.61. The van der Waals surface area contributed by atoms with Gasteiger partial charge in [0.2, 0.25) is 17.8 Å². The van der Waals surface area contributed by atoms with E-state index in [-0.39, 0.29) is 41.6 Å². The molecule has 1 amide bonds. The first-order chi connectivity index (χ1) is 14.3. The zero-order valence-electron chi connectivity index (χ0n) is 16.3. The number of hydrogen-bond acceptors (Lipinski definition) is 8. The van der Waals surface area contributed by atoms with E-state index >= 15 is 0 Å². The van der Waals surface area contributed by atoms with Gasteiger partial charge in [0, 0.05) is 12.6 Å². The van der Waals surface area contributed by atoms with E-state index in [2.05, 4.69) is 25.6 Å². The third-order valence-electron chi connectivity index (χ3n) is 3.93. The lowest BCUT2D eigenvalue weighted by Crippen LogP contribution is -2.15. The molecule has 0 radical (unpaired) electrons. The lowest BCUT2D eigenvalue weighted by Gasteiger charge is -2.12. The van der Waals surface area contributed by atoms with E-state index in [0.29, 0.717) is 11.4 Å². The number of rotatable bonds is 6. The molecule has 3 rings (SSSR count). The van der Waals surface area contributed by atoms with Crippen LogP contribution in [-0.4, -0.2) is 26.8 Å². The Kier molecular flexibility index (Phi) is 6.16. The summed E-state index contributed by atoms with van der Waals surface area (Å²) in [5.74, 6) is -1.17. The van der Waals surface area contributed by atoms with E-state index in [1.165, 1.54) is 31.2 Å². The van der Waals surface area contributed by atoms with Crippen LogP contribution in [0.15, 0.2) is 42.5 Å². The second-order valence-corrected chi connectivity index (χ2v) is 6.32. The van der Waals surface area contributed by atoms with E-state index in [9.17, 15) is 14.0 Å². The molecule has 0 bridgehead atoms. The van der Waals surface area contributed by atoms with E-state index < -0.39 is 5.97 Å². The van der Waals surface area contributed by atoms with Crippen molar-refractivity contribution in [3.63, 3.8) is 0 Å². The van der Waals surface area contributed by atoms with Crippen LogP contribution in [0.3, 0.4) is 0 Å². The maximum absolute atomic E-state index is 13.0. The summed E-state index contributed by atoms with van der Waals surface area (Å²) in [5.41, 5.74) is 7.55. The number of hydrogen-bond donors (Lipinski definition) is 3. The van der Waals surface area contributed by atoms with Gasteiger partial charge < -0.3 is 21.1 Å². The van der Waals surface area contributed by atoms with Crippen molar-refractivity contribution in [2.75, 3.05) is 16.4 Å². The molecule has 4 N–H and O–H groups in total. The van der Waals surface area contributed by atoms with Crippen LogP contribution in [0, 0.1) is 12.7 Å². The molecule has 30 heavy (non-hydrogen) atoms. The summed E-state index contributed by atoms with van der Waals surface area (Å²) < 4.78 is 18.3. The summed E-state index contributed by atoms with van der Waals surface area (Å²) in [6.07, 6.45) is 0. The number of carbonyl (C=O) groups is 2. The lowest BCUT2D eigenvalue weighted by molar-refractivity contribution is -0.114. The van der Waals surface area contributed by atoms with Crippen molar-refractivity contribution in [2.24, 2.45) is 0 Å². The number of anilines is 4. The van der Waals surface area contributed by atoms with Gasteiger partial charge in [0.1, 0.15) is 5.82 Å². The predicted octanol–water partition coefficient (Wildman–Crippen LogP) is 2.96. The number of aromatic nitrogens is 3. The van der Waals surface area contributed by atoms with Crippen molar-refractivity contribution in [3.05, 3.63) is 65.2 Å². The number of benzene rings is 2. The third kappa shape index (κ3) is 5.25. The molecule has 3 aromatic rings. The molecule has 0 spiro atoms. The highest BCUT2D eigenvalue weighted by atomic mass is 19.1. The van der Waals surface area contributed by atoms with Gasteiger partial charge in [-0.15, -0.1) is 0 Å². The molecule has 10 heteroatoms. The highest BCUT2D eigenvalue weighted by molar-refractivity contribution is 6.01. The van der Waals surface area contributed by atoms with E-state index in [1.54, 1.807) is 25.1 Å². The fourth-order valence-corrected chi connectivity index (χ4v) is 2.61. The molecule has 154 valence electrons. The van der Waals surface area contributed by atoms with Gasteiger partial charge >= 0.3 is 5.97 Å². The van der Waals surface area contributed by atoms with Crippen LogP contribution in [0.2, 0.25) is 0 Å². The van der Waals surface area contributed by atoms with Crippen molar-refractivity contribution < 1.29 is 18.7 Å². The number of carbonyl (C=O) groups excluding carboxylic acids is 2. The van der Waals surface area contributed by atoms with Crippen LogP contribution in [0.4, 0.5) is 27.7 Å². The number of aryl methyl sites for hydroxylation is 1. The summed E-state index contributed by atoms with van der Waals surface area (Å²) in [6, 6.07) is 10.6. The number of amides is 1. The minimum Gasteiger partial charge on any atom is -0.454 e. The van der Waals surface area contributed by atoms with Crippen LogP contribution >= 0.6 is 0 Å². The predicted molar refractivity (Wildman–Crippen MR) is 109 cm³/mol. The summed E-state index contributed by atoms with van der Waals surface area (Å²) >= 11 is 0. The van der Waals surface area contributed by atoms with Crippen molar-refractivity contribution in [1.82, 2.24) is 15.0 Å². The Morgan fingerprint density at radius 3 is 2.53 bits per heavy atom. The van der Waals surface area contributed by atoms with Crippen molar-refractivity contribution in [2.45, 2.75) is 20.5 Å². The number of para-hydroxylation sites is 1. The first-order valence-corrected chi connectivity index (χ1v) is 8.89. The van der Waals surface area contributed by atoms with Crippen LogP contribution in [0.5, 0.6) is 0 Å². The van der Waals surface area contributed by atoms with Gasteiger partial charge in [-0.05, 0) is 42.8 Å². The molecule has 1 aromatic heterocycles. The SMILES string of the molecule is CC(=O)Nc1c(C)cccc1C(=O)OCc1nc(N)nc(Nc2ccc(F)cc2)n1. The van der Waals surface area contributed by atoms with Gasteiger partial charge in [0.25, 0.3) is 0 Å². The number of nitrogen functional groups attached to an aromatic ring is 1. The number of nitrogens with two attached hydrogens (primary N) is 1. The maximum Gasteiger partial charge on any atom is 0.340 e. The van der Waals surface area contributed by atoms with Gasteiger partial charge in [0.05, 0.1) is 11.3 Å². The standard InChI is InChI=1S/C20H19FN6O3/c1-11-4-3-5-15(17(11)23-12(2)28)18(29)30-10-16-25-19(22)27-20(26-16)24-14-8-6-13(21)7-9-14/h3-9H,10H2,1-2H3,(H,23,28)(H3,22,24,25,26,27). The number of esters is 1. The molecule has 0 fully saturated rings. The molecule has 0 unspecified atom stereocenters. The van der Waals surface area contributed by atoms with Gasteiger partial charge in [-0.2, -0.15) is 15.0 Å². The number of ether oxygens (including phenoxy) is 1. The maximum atomic E-state index is 13.0. The molecule has 1 heterocycles. The van der Waals surface area contributed by atoms with E-state index in [4.69, 9.17) is 10.5 Å². The molecule has 2 aromatic carbocycles. The van der Waals surface area contributed by atoms with Crippen molar-refractivity contribution in [3.8, 4) is 0 Å². The first-order valence-electron chi connectivity index (χ1n) is 8.89. The Morgan fingerprint density at radius 2 is 1.83 bits per heavy atom. The minimum atomic E-state index is -0.658. The molecule has 0 atom stereocenters. The summed E-state index contributed by atoms with van der Waals surface area (Å²) in [5, 5.41) is 5.51. The first kappa shape index (κ1) is 20.6. The van der Waals surface area contributed by atoms with Crippen molar-refractivity contribution >= 4 is 35.1 Å².